The van der Waals surface area contributed by atoms with E-state index in [1.54, 1.807) is 31.2 Å². The normalized spacial score (nSPS) is 11.2. The molecule has 0 saturated carbocycles. The standard InChI is InChI=1S/C21H17FN6O3S/c1-14-24-26-27-28(14)20-13-16(10-11-19(20)22)23-21(29)15-6-5-7-17(12-15)25-32(30,31)18-8-3-2-4-9-18/h2-13,25H,1H3,(H,23,29). The number of amides is 1. The number of tetrazole rings is 1. The van der Waals surface area contributed by atoms with Crippen LogP contribution in [0.25, 0.3) is 5.69 Å². The summed E-state index contributed by atoms with van der Waals surface area (Å²) in [6.45, 7) is 1.62. The van der Waals surface area contributed by atoms with Crippen molar-refractivity contribution in [1.82, 2.24) is 20.2 Å². The molecule has 162 valence electrons. The summed E-state index contributed by atoms with van der Waals surface area (Å²) in [5, 5.41) is 13.6. The zero-order valence-corrected chi connectivity index (χ0v) is 17.5. The Morgan fingerprint density at radius 1 is 0.969 bits per heavy atom. The first-order valence-electron chi connectivity index (χ1n) is 9.38. The van der Waals surface area contributed by atoms with E-state index >= 15 is 0 Å². The first-order valence-corrected chi connectivity index (χ1v) is 10.9. The molecule has 0 atom stereocenters. The molecule has 3 aromatic carbocycles. The number of aryl methyl sites for hydroxylation is 1. The Morgan fingerprint density at radius 3 is 2.47 bits per heavy atom. The summed E-state index contributed by atoms with van der Waals surface area (Å²) in [5.41, 5.74) is 0.833. The van der Waals surface area contributed by atoms with Gasteiger partial charge in [-0.3, -0.25) is 9.52 Å². The third kappa shape index (κ3) is 4.47. The molecular formula is C21H17FN6O3S. The van der Waals surface area contributed by atoms with E-state index in [2.05, 4.69) is 25.6 Å². The van der Waals surface area contributed by atoms with E-state index in [0.717, 1.165) is 0 Å². The summed E-state index contributed by atoms with van der Waals surface area (Å²) in [5.74, 6) is -0.682. The van der Waals surface area contributed by atoms with Crippen LogP contribution < -0.4 is 10.0 Å². The van der Waals surface area contributed by atoms with Crippen molar-refractivity contribution in [2.45, 2.75) is 11.8 Å². The largest absolute Gasteiger partial charge is 0.322 e. The van der Waals surface area contributed by atoms with Gasteiger partial charge >= 0.3 is 0 Å². The number of nitrogens with one attached hydrogen (secondary N) is 2. The van der Waals surface area contributed by atoms with Gasteiger partial charge in [0, 0.05) is 16.9 Å². The van der Waals surface area contributed by atoms with Crippen molar-refractivity contribution in [3.63, 3.8) is 0 Å². The lowest BCUT2D eigenvalue weighted by atomic mass is 10.2. The van der Waals surface area contributed by atoms with E-state index in [1.165, 1.54) is 53.2 Å². The highest BCUT2D eigenvalue weighted by Gasteiger charge is 2.16. The van der Waals surface area contributed by atoms with Crippen molar-refractivity contribution in [3.05, 3.63) is 90.0 Å². The molecule has 0 radical (unpaired) electrons. The van der Waals surface area contributed by atoms with Gasteiger partial charge in [0.15, 0.2) is 5.82 Å². The third-order valence-corrected chi connectivity index (χ3v) is 5.89. The van der Waals surface area contributed by atoms with Crippen LogP contribution in [-0.2, 0) is 10.0 Å². The van der Waals surface area contributed by atoms with Gasteiger partial charge in [-0.05, 0) is 65.9 Å². The average molecular weight is 452 g/mol. The second kappa shape index (κ2) is 8.55. The highest BCUT2D eigenvalue weighted by atomic mass is 32.2. The minimum absolute atomic E-state index is 0.0784. The number of hydrogen-bond donors (Lipinski definition) is 2. The molecule has 4 rings (SSSR count). The zero-order valence-electron chi connectivity index (χ0n) is 16.7. The summed E-state index contributed by atoms with van der Waals surface area (Å²) in [6.07, 6.45) is 0. The Balaban J connectivity index is 1.55. The van der Waals surface area contributed by atoms with Gasteiger partial charge in [-0.1, -0.05) is 24.3 Å². The van der Waals surface area contributed by atoms with Crippen LogP contribution >= 0.6 is 0 Å². The molecule has 0 unspecified atom stereocenters. The fourth-order valence-corrected chi connectivity index (χ4v) is 4.02. The molecule has 1 amide bonds. The lowest BCUT2D eigenvalue weighted by Crippen LogP contribution is -2.15. The molecule has 0 fully saturated rings. The third-order valence-electron chi connectivity index (χ3n) is 4.49. The first-order chi connectivity index (χ1) is 15.3. The van der Waals surface area contributed by atoms with Gasteiger partial charge < -0.3 is 5.32 Å². The number of nitrogens with zero attached hydrogens (tertiary/aromatic N) is 4. The molecule has 0 aliphatic carbocycles. The van der Waals surface area contributed by atoms with Crippen molar-refractivity contribution in [1.29, 1.82) is 0 Å². The maximum absolute atomic E-state index is 14.2. The van der Waals surface area contributed by atoms with Gasteiger partial charge in [-0.25, -0.2) is 12.8 Å². The molecule has 9 nitrogen and oxygen atoms in total. The maximum Gasteiger partial charge on any atom is 0.261 e. The fourth-order valence-electron chi connectivity index (χ4n) is 2.95. The molecule has 0 bridgehead atoms. The van der Waals surface area contributed by atoms with E-state index in [0.29, 0.717) is 11.5 Å². The summed E-state index contributed by atoms with van der Waals surface area (Å²) < 4.78 is 42.9. The molecule has 32 heavy (non-hydrogen) atoms. The van der Waals surface area contributed by atoms with E-state index in [9.17, 15) is 17.6 Å². The molecule has 0 saturated heterocycles. The number of carbonyl (C=O) groups excluding carboxylic acids is 1. The minimum Gasteiger partial charge on any atom is -0.322 e. The number of hydrogen-bond acceptors (Lipinski definition) is 6. The molecule has 2 N–H and O–H groups in total. The predicted molar refractivity (Wildman–Crippen MR) is 115 cm³/mol. The highest BCUT2D eigenvalue weighted by Crippen LogP contribution is 2.21. The van der Waals surface area contributed by atoms with Crippen molar-refractivity contribution in [3.8, 4) is 5.69 Å². The smallest absolute Gasteiger partial charge is 0.261 e. The van der Waals surface area contributed by atoms with Crippen molar-refractivity contribution in [2.24, 2.45) is 0 Å². The van der Waals surface area contributed by atoms with Crippen molar-refractivity contribution < 1.29 is 17.6 Å². The molecule has 4 aromatic rings. The van der Waals surface area contributed by atoms with Gasteiger partial charge in [0.05, 0.1) is 4.90 Å². The van der Waals surface area contributed by atoms with Crippen LogP contribution in [0.4, 0.5) is 15.8 Å². The number of aromatic nitrogens is 4. The average Bonchev–Trinajstić information content (AvgIpc) is 3.21. The molecule has 1 heterocycles. The van der Waals surface area contributed by atoms with Crippen LogP contribution in [0.3, 0.4) is 0 Å². The number of carbonyl (C=O) groups is 1. The van der Waals surface area contributed by atoms with E-state index in [1.807, 2.05) is 0 Å². The molecule has 1 aromatic heterocycles. The maximum atomic E-state index is 14.2. The van der Waals surface area contributed by atoms with E-state index < -0.39 is 21.7 Å². The summed E-state index contributed by atoms with van der Waals surface area (Å²) in [6, 6.07) is 17.9. The Kier molecular flexibility index (Phi) is 5.65. The Hall–Kier alpha value is -4.12. The van der Waals surface area contributed by atoms with Crippen molar-refractivity contribution >= 4 is 27.3 Å². The predicted octanol–water partition coefficient (Wildman–Crippen LogP) is 3.16. The van der Waals surface area contributed by atoms with Gasteiger partial charge in [0.25, 0.3) is 15.9 Å². The molecule has 0 aliphatic rings. The summed E-state index contributed by atoms with van der Waals surface area (Å²) >= 11 is 0. The van der Waals surface area contributed by atoms with Crippen LogP contribution in [0, 0.1) is 12.7 Å². The SMILES string of the molecule is Cc1nnnn1-c1cc(NC(=O)c2cccc(NS(=O)(=O)c3ccccc3)c2)ccc1F. The minimum atomic E-state index is -3.80. The van der Waals surface area contributed by atoms with Gasteiger partial charge in [-0.15, -0.1) is 5.10 Å². The first kappa shape index (κ1) is 21.1. The molecule has 11 heteroatoms. The second-order valence-electron chi connectivity index (χ2n) is 6.76. The highest BCUT2D eigenvalue weighted by molar-refractivity contribution is 7.92. The van der Waals surface area contributed by atoms with Crippen LogP contribution in [-0.4, -0.2) is 34.5 Å². The van der Waals surface area contributed by atoms with Crippen LogP contribution in [0.1, 0.15) is 16.2 Å². The monoisotopic (exact) mass is 452 g/mol. The van der Waals surface area contributed by atoms with E-state index in [4.69, 9.17) is 0 Å². The zero-order chi connectivity index (χ0) is 22.7. The fraction of sp³-hybridized carbons (Fsp3) is 0.0476. The summed E-state index contributed by atoms with van der Waals surface area (Å²) in [4.78, 5) is 12.8. The number of halogens is 1. The number of anilines is 2. The molecule has 0 spiro atoms. The topological polar surface area (TPSA) is 119 Å². The van der Waals surface area contributed by atoms with Gasteiger partial charge in [0.2, 0.25) is 0 Å². The van der Waals surface area contributed by atoms with Crippen LogP contribution in [0.5, 0.6) is 0 Å². The lowest BCUT2D eigenvalue weighted by molar-refractivity contribution is 0.102. The quantitative estimate of drug-likeness (QED) is 0.464. The Labute approximate surface area is 183 Å². The lowest BCUT2D eigenvalue weighted by Gasteiger charge is -2.11. The number of benzene rings is 3. The second-order valence-corrected chi connectivity index (χ2v) is 8.44. The van der Waals surface area contributed by atoms with Crippen molar-refractivity contribution in [2.75, 3.05) is 10.0 Å². The number of sulfonamides is 1. The van der Waals surface area contributed by atoms with E-state index in [-0.39, 0.29) is 21.8 Å². The number of rotatable bonds is 6. The van der Waals surface area contributed by atoms with Crippen LogP contribution in [0.2, 0.25) is 0 Å². The molecule has 0 aliphatic heterocycles. The summed E-state index contributed by atoms with van der Waals surface area (Å²) in [7, 11) is -3.80. The van der Waals surface area contributed by atoms with Gasteiger partial charge in [-0.2, -0.15) is 4.68 Å². The van der Waals surface area contributed by atoms with Crippen LogP contribution in [0.15, 0.2) is 77.7 Å². The Morgan fingerprint density at radius 2 is 1.75 bits per heavy atom. The Bertz CT molecular complexity index is 1390. The molecular weight excluding hydrogens is 435 g/mol. The van der Waals surface area contributed by atoms with Gasteiger partial charge in [0.1, 0.15) is 11.5 Å².